The number of nitrogens with one attached hydrogen (secondary N) is 1. The predicted molar refractivity (Wildman–Crippen MR) is 65.7 cm³/mol. The van der Waals surface area contributed by atoms with Crippen LogP contribution in [0.1, 0.15) is 31.9 Å². The van der Waals surface area contributed by atoms with Gasteiger partial charge >= 0.3 is 0 Å². The number of hydrogen-bond donors (Lipinski definition) is 2. The molecular weight excluding hydrogens is 202 g/mol. The van der Waals surface area contributed by atoms with Crippen molar-refractivity contribution in [2.24, 2.45) is 0 Å². The van der Waals surface area contributed by atoms with Crippen LogP contribution in [0.15, 0.2) is 24.3 Å². The van der Waals surface area contributed by atoms with E-state index in [0.29, 0.717) is 6.54 Å². The molecule has 3 nitrogen and oxygen atoms in total. The van der Waals surface area contributed by atoms with Crippen LogP contribution in [0.5, 0.6) is 5.75 Å². The molecule has 3 heteroatoms. The van der Waals surface area contributed by atoms with Crippen molar-refractivity contribution in [2.75, 3.05) is 13.7 Å². The second kappa shape index (κ2) is 6.51. The van der Waals surface area contributed by atoms with Gasteiger partial charge in [0.1, 0.15) is 5.75 Å². The molecule has 0 saturated carbocycles. The molecule has 0 aliphatic heterocycles. The Hall–Kier alpha value is -1.06. The molecule has 0 heterocycles. The standard InChI is InChI=1S/C13H21NO2/c1-4-12(14-9-10(2)15)11-7-5-6-8-13(11)16-3/h5-8,10,12,14-15H,4,9H2,1-3H3/t10-,12?/m1/s1. The van der Waals surface area contributed by atoms with Crippen LogP contribution in [0.2, 0.25) is 0 Å². The largest absolute Gasteiger partial charge is 0.496 e. The molecule has 1 unspecified atom stereocenters. The van der Waals surface area contributed by atoms with Gasteiger partial charge in [0.15, 0.2) is 0 Å². The third kappa shape index (κ3) is 3.51. The summed E-state index contributed by atoms with van der Waals surface area (Å²) in [7, 11) is 1.68. The number of aliphatic hydroxyl groups excluding tert-OH is 1. The lowest BCUT2D eigenvalue weighted by molar-refractivity contribution is 0.185. The van der Waals surface area contributed by atoms with Crippen molar-refractivity contribution in [1.82, 2.24) is 5.32 Å². The summed E-state index contributed by atoms with van der Waals surface area (Å²) in [6.45, 7) is 4.49. The Morgan fingerprint density at radius 2 is 2.06 bits per heavy atom. The van der Waals surface area contributed by atoms with Crippen molar-refractivity contribution in [3.63, 3.8) is 0 Å². The molecule has 1 aromatic rings. The number of aliphatic hydroxyl groups is 1. The summed E-state index contributed by atoms with van der Waals surface area (Å²) in [5.74, 6) is 0.896. The molecule has 1 aromatic carbocycles. The van der Waals surface area contributed by atoms with Gasteiger partial charge in [-0.3, -0.25) is 0 Å². The number of para-hydroxylation sites is 1. The first-order chi connectivity index (χ1) is 7.69. The van der Waals surface area contributed by atoms with E-state index in [0.717, 1.165) is 17.7 Å². The lowest BCUT2D eigenvalue weighted by atomic mass is 10.0. The van der Waals surface area contributed by atoms with Crippen LogP contribution in [-0.4, -0.2) is 24.9 Å². The van der Waals surface area contributed by atoms with Gasteiger partial charge in [-0.05, 0) is 19.4 Å². The third-order valence-electron chi connectivity index (χ3n) is 2.58. The summed E-state index contributed by atoms with van der Waals surface area (Å²) in [6, 6.07) is 8.21. The minimum absolute atomic E-state index is 0.228. The van der Waals surface area contributed by atoms with E-state index in [9.17, 15) is 5.11 Å². The molecule has 16 heavy (non-hydrogen) atoms. The van der Waals surface area contributed by atoms with Crippen LogP contribution in [0, 0.1) is 0 Å². The Morgan fingerprint density at radius 3 is 2.62 bits per heavy atom. The monoisotopic (exact) mass is 223 g/mol. The molecule has 2 N–H and O–H groups in total. The quantitative estimate of drug-likeness (QED) is 0.776. The second-order valence-corrected chi connectivity index (χ2v) is 3.96. The fraction of sp³-hybridized carbons (Fsp3) is 0.538. The molecule has 90 valence electrons. The summed E-state index contributed by atoms with van der Waals surface area (Å²) >= 11 is 0. The van der Waals surface area contributed by atoms with Gasteiger partial charge in [0.05, 0.1) is 13.2 Å². The zero-order chi connectivity index (χ0) is 12.0. The molecule has 0 amide bonds. The zero-order valence-corrected chi connectivity index (χ0v) is 10.2. The van der Waals surface area contributed by atoms with E-state index < -0.39 is 0 Å². The highest BCUT2D eigenvalue weighted by molar-refractivity contribution is 5.35. The first kappa shape index (κ1) is 13.0. The first-order valence-electron chi connectivity index (χ1n) is 5.73. The number of ether oxygens (including phenoxy) is 1. The first-order valence-corrected chi connectivity index (χ1v) is 5.73. The van der Waals surface area contributed by atoms with Gasteiger partial charge in [0.2, 0.25) is 0 Å². The molecule has 1 rings (SSSR count). The van der Waals surface area contributed by atoms with E-state index >= 15 is 0 Å². The number of methoxy groups -OCH3 is 1. The van der Waals surface area contributed by atoms with E-state index in [-0.39, 0.29) is 12.1 Å². The van der Waals surface area contributed by atoms with E-state index in [4.69, 9.17) is 4.74 Å². The van der Waals surface area contributed by atoms with Crippen LogP contribution in [0.4, 0.5) is 0 Å². The van der Waals surface area contributed by atoms with Crippen molar-refractivity contribution in [3.8, 4) is 5.75 Å². The summed E-state index contributed by atoms with van der Waals surface area (Å²) in [4.78, 5) is 0. The minimum atomic E-state index is -0.330. The highest BCUT2D eigenvalue weighted by atomic mass is 16.5. The maximum Gasteiger partial charge on any atom is 0.123 e. The van der Waals surface area contributed by atoms with Crippen molar-refractivity contribution < 1.29 is 9.84 Å². The topological polar surface area (TPSA) is 41.5 Å². The van der Waals surface area contributed by atoms with Crippen molar-refractivity contribution in [1.29, 1.82) is 0 Å². The maximum absolute atomic E-state index is 9.28. The molecule has 0 aliphatic carbocycles. The van der Waals surface area contributed by atoms with Gasteiger partial charge in [-0.1, -0.05) is 25.1 Å². The third-order valence-corrected chi connectivity index (χ3v) is 2.58. The lowest BCUT2D eigenvalue weighted by Gasteiger charge is -2.20. The van der Waals surface area contributed by atoms with Crippen LogP contribution in [0.3, 0.4) is 0 Å². The Morgan fingerprint density at radius 1 is 1.38 bits per heavy atom. The van der Waals surface area contributed by atoms with Gasteiger partial charge in [0, 0.05) is 18.2 Å². The Kier molecular flexibility index (Phi) is 5.29. The summed E-state index contributed by atoms with van der Waals surface area (Å²) in [6.07, 6.45) is 0.636. The van der Waals surface area contributed by atoms with Gasteiger partial charge < -0.3 is 15.2 Å². The normalized spacial score (nSPS) is 14.5. The Labute approximate surface area is 97.4 Å². The van der Waals surface area contributed by atoms with Crippen molar-refractivity contribution in [3.05, 3.63) is 29.8 Å². The predicted octanol–water partition coefficient (Wildman–Crippen LogP) is 2.12. The van der Waals surface area contributed by atoms with Crippen LogP contribution < -0.4 is 10.1 Å². The van der Waals surface area contributed by atoms with Gasteiger partial charge in [-0.25, -0.2) is 0 Å². The van der Waals surface area contributed by atoms with Gasteiger partial charge in [-0.2, -0.15) is 0 Å². The average molecular weight is 223 g/mol. The van der Waals surface area contributed by atoms with Crippen molar-refractivity contribution in [2.45, 2.75) is 32.4 Å². The molecular formula is C13H21NO2. The SMILES string of the molecule is CCC(NC[C@@H](C)O)c1ccccc1OC. The number of rotatable bonds is 6. The van der Waals surface area contributed by atoms with E-state index in [1.54, 1.807) is 14.0 Å². The molecule has 0 aromatic heterocycles. The number of benzene rings is 1. The molecule has 0 radical (unpaired) electrons. The smallest absolute Gasteiger partial charge is 0.123 e. The van der Waals surface area contributed by atoms with E-state index in [1.807, 2.05) is 18.2 Å². The van der Waals surface area contributed by atoms with Crippen molar-refractivity contribution >= 4 is 0 Å². The Bertz CT molecular complexity index is 313. The summed E-state index contributed by atoms with van der Waals surface area (Å²) in [5, 5.41) is 12.6. The molecule has 0 spiro atoms. The molecule has 0 aliphatic rings. The van der Waals surface area contributed by atoms with Crippen LogP contribution in [0.25, 0.3) is 0 Å². The highest BCUT2D eigenvalue weighted by Crippen LogP contribution is 2.26. The highest BCUT2D eigenvalue weighted by Gasteiger charge is 2.13. The van der Waals surface area contributed by atoms with E-state index in [1.165, 1.54) is 0 Å². The molecule has 2 atom stereocenters. The zero-order valence-electron chi connectivity index (χ0n) is 10.2. The second-order valence-electron chi connectivity index (χ2n) is 3.96. The number of hydrogen-bond acceptors (Lipinski definition) is 3. The van der Waals surface area contributed by atoms with Crippen LogP contribution in [-0.2, 0) is 0 Å². The molecule has 0 saturated heterocycles. The fourth-order valence-corrected chi connectivity index (χ4v) is 1.74. The lowest BCUT2D eigenvalue weighted by Crippen LogP contribution is -2.28. The van der Waals surface area contributed by atoms with E-state index in [2.05, 4.69) is 18.3 Å². The van der Waals surface area contributed by atoms with Gasteiger partial charge in [-0.15, -0.1) is 0 Å². The molecule has 0 fully saturated rings. The molecule has 0 bridgehead atoms. The Balaban J connectivity index is 2.77. The fourth-order valence-electron chi connectivity index (χ4n) is 1.74. The average Bonchev–Trinajstić information content (AvgIpc) is 2.30. The summed E-state index contributed by atoms with van der Waals surface area (Å²) in [5.41, 5.74) is 1.15. The van der Waals surface area contributed by atoms with Gasteiger partial charge in [0.25, 0.3) is 0 Å². The summed E-state index contributed by atoms with van der Waals surface area (Å²) < 4.78 is 5.33. The maximum atomic E-state index is 9.28. The van der Waals surface area contributed by atoms with Crippen LogP contribution >= 0.6 is 0 Å². The minimum Gasteiger partial charge on any atom is -0.496 e.